The summed E-state index contributed by atoms with van der Waals surface area (Å²) >= 11 is 1.37. The molecule has 3 rings (SSSR count). The zero-order chi connectivity index (χ0) is 18.2. The maximum Gasteiger partial charge on any atom is 0.248 e. The summed E-state index contributed by atoms with van der Waals surface area (Å²) < 4.78 is 37.1. The molecule has 25 heavy (non-hydrogen) atoms. The van der Waals surface area contributed by atoms with Crippen molar-refractivity contribution >= 4 is 32.7 Å². The van der Waals surface area contributed by atoms with Crippen molar-refractivity contribution in [3.63, 3.8) is 0 Å². The van der Waals surface area contributed by atoms with Crippen molar-refractivity contribution in [3.05, 3.63) is 35.6 Å². The van der Waals surface area contributed by atoms with E-state index in [4.69, 9.17) is 0 Å². The summed E-state index contributed by atoms with van der Waals surface area (Å²) in [6, 6.07) is 5.91. The molecule has 0 spiro atoms. The molecular weight excluding hydrogens is 363 g/mol. The molecule has 8 heteroatoms. The fraction of sp³-hybridized carbons (Fsp3) is 0.529. The minimum Gasteiger partial charge on any atom is -0.342 e. The molecule has 0 N–H and O–H groups in total. The van der Waals surface area contributed by atoms with Crippen LogP contribution in [0.4, 0.5) is 4.39 Å². The Balaban J connectivity index is 1.85. The fourth-order valence-electron chi connectivity index (χ4n) is 3.11. The Morgan fingerprint density at radius 1 is 1.32 bits per heavy atom. The number of halogens is 1. The molecule has 2 aliphatic heterocycles. The second kappa shape index (κ2) is 7.07. The number of benzene rings is 1. The number of carbonyl (C=O) groups excluding carboxylic acids is 1. The summed E-state index contributed by atoms with van der Waals surface area (Å²) in [4.78, 5) is 18.2. The van der Waals surface area contributed by atoms with E-state index in [-0.39, 0.29) is 40.4 Å². The van der Waals surface area contributed by atoms with Gasteiger partial charge in [-0.15, -0.1) is 0 Å². The van der Waals surface area contributed by atoms with E-state index in [1.54, 1.807) is 12.1 Å². The van der Waals surface area contributed by atoms with Gasteiger partial charge in [-0.2, -0.15) is 4.99 Å². The van der Waals surface area contributed by atoms with Crippen molar-refractivity contribution in [1.29, 1.82) is 0 Å². The summed E-state index contributed by atoms with van der Waals surface area (Å²) in [6.07, 6.45) is 0.363. The van der Waals surface area contributed by atoms with E-state index in [0.29, 0.717) is 18.1 Å². The van der Waals surface area contributed by atoms with E-state index in [0.717, 1.165) is 5.56 Å². The normalized spacial score (nSPS) is 26.4. The van der Waals surface area contributed by atoms with Gasteiger partial charge in [-0.25, -0.2) is 12.8 Å². The van der Waals surface area contributed by atoms with E-state index in [1.807, 2.05) is 18.7 Å². The first kappa shape index (κ1) is 18.4. The average Bonchev–Trinajstić information content (AvgIpc) is 2.93. The molecule has 1 amide bonds. The first-order valence-corrected chi connectivity index (χ1v) is 10.9. The number of sulfone groups is 1. The van der Waals surface area contributed by atoms with Crippen LogP contribution in [0.15, 0.2) is 29.3 Å². The molecule has 2 saturated heterocycles. The molecule has 2 aliphatic rings. The number of amidine groups is 1. The molecule has 1 aromatic rings. The lowest BCUT2D eigenvalue weighted by Gasteiger charge is -2.24. The number of hydrogen-bond acceptors (Lipinski definition) is 4. The second-order valence-electron chi connectivity index (χ2n) is 6.94. The predicted molar refractivity (Wildman–Crippen MR) is 97.7 cm³/mol. The van der Waals surface area contributed by atoms with Gasteiger partial charge in [-0.3, -0.25) is 4.79 Å². The molecule has 0 bridgehead atoms. The van der Waals surface area contributed by atoms with E-state index in [2.05, 4.69) is 4.99 Å². The third kappa shape index (κ3) is 4.41. The smallest absolute Gasteiger partial charge is 0.248 e. The lowest BCUT2D eigenvalue weighted by Crippen LogP contribution is -2.37. The Bertz CT molecular complexity index is 791. The van der Waals surface area contributed by atoms with Gasteiger partial charge in [0.05, 0.1) is 17.5 Å². The van der Waals surface area contributed by atoms with Gasteiger partial charge in [0.25, 0.3) is 0 Å². The number of hydrogen-bond donors (Lipinski definition) is 0. The molecule has 1 aromatic carbocycles. The van der Waals surface area contributed by atoms with E-state index in [9.17, 15) is 17.6 Å². The highest BCUT2D eigenvalue weighted by Gasteiger charge is 2.48. The van der Waals surface area contributed by atoms with Crippen LogP contribution in [0, 0.1) is 11.7 Å². The number of rotatable bonds is 4. The Labute approximate surface area is 151 Å². The molecule has 0 unspecified atom stereocenters. The molecule has 136 valence electrons. The zero-order valence-corrected chi connectivity index (χ0v) is 15.8. The minimum absolute atomic E-state index is 0.0727. The standard InChI is InChI=1S/C17H21FN2O3S2/c1-11(2)7-16(21)19-17-20(8-12-3-5-13(18)6-4-12)14-9-25(22,23)10-15(14)24-17/h3-6,11,14-15H,7-10H2,1-2H3/t14-,15-/m0/s1. The Kier molecular flexibility index (Phi) is 5.20. The molecule has 0 saturated carbocycles. The quantitative estimate of drug-likeness (QED) is 0.798. The van der Waals surface area contributed by atoms with Gasteiger partial charge in [0.1, 0.15) is 5.82 Å². The van der Waals surface area contributed by atoms with Gasteiger partial charge in [-0.05, 0) is 23.6 Å². The van der Waals surface area contributed by atoms with Crippen LogP contribution in [0.1, 0.15) is 25.8 Å². The summed E-state index contributed by atoms with van der Waals surface area (Å²) in [5.41, 5.74) is 0.857. The molecule has 0 radical (unpaired) electrons. The highest BCUT2D eigenvalue weighted by atomic mass is 32.2. The number of carbonyl (C=O) groups is 1. The van der Waals surface area contributed by atoms with Crippen molar-refractivity contribution in [1.82, 2.24) is 4.90 Å². The van der Waals surface area contributed by atoms with E-state index >= 15 is 0 Å². The van der Waals surface area contributed by atoms with Crippen LogP contribution >= 0.6 is 11.8 Å². The van der Waals surface area contributed by atoms with Gasteiger partial charge in [0.15, 0.2) is 15.0 Å². The van der Waals surface area contributed by atoms with Crippen LogP contribution in [0.2, 0.25) is 0 Å². The maximum atomic E-state index is 13.1. The molecule has 2 atom stereocenters. The number of nitrogens with zero attached hydrogens (tertiary/aromatic N) is 2. The molecule has 5 nitrogen and oxygen atoms in total. The van der Waals surface area contributed by atoms with Crippen molar-refractivity contribution in [2.24, 2.45) is 10.9 Å². The maximum absolute atomic E-state index is 13.1. The van der Waals surface area contributed by atoms with Crippen LogP contribution in [-0.4, -0.2) is 47.2 Å². The van der Waals surface area contributed by atoms with Crippen molar-refractivity contribution < 1.29 is 17.6 Å². The summed E-state index contributed by atoms with van der Waals surface area (Å²) in [5, 5.41) is 0.482. The fourth-order valence-corrected chi connectivity index (χ4v) is 7.08. The van der Waals surface area contributed by atoms with Crippen LogP contribution < -0.4 is 0 Å². The molecule has 0 aromatic heterocycles. The molecule has 2 heterocycles. The second-order valence-corrected chi connectivity index (χ2v) is 10.3. The summed E-state index contributed by atoms with van der Waals surface area (Å²) in [7, 11) is -3.07. The number of aliphatic imine (C=N–C) groups is 1. The number of thioether (sulfide) groups is 1. The Morgan fingerprint density at radius 3 is 2.64 bits per heavy atom. The monoisotopic (exact) mass is 384 g/mol. The van der Waals surface area contributed by atoms with Gasteiger partial charge in [-0.1, -0.05) is 37.7 Å². The minimum atomic E-state index is -3.07. The summed E-state index contributed by atoms with van der Waals surface area (Å²) in [5.74, 6) is -0.108. The summed E-state index contributed by atoms with van der Waals surface area (Å²) in [6.45, 7) is 4.33. The highest BCUT2D eigenvalue weighted by Crippen LogP contribution is 2.39. The number of amides is 1. The molecular formula is C17H21FN2O3S2. The molecule has 2 fully saturated rings. The Morgan fingerprint density at radius 2 is 2.00 bits per heavy atom. The zero-order valence-electron chi connectivity index (χ0n) is 14.2. The lowest BCUT2D eigenvalue weighted by atomic mass is 10.1. The van der Waals surface area contributed by atoms with Crippen LogP contribution in [0.25, 0.3) is 0 Å². The lowest BCUT2D eigenvalue weighted by molar-refractivity contribution is -0.118. The van der Waals surface area contributed by atoms with Gasteiger partial charge < -0.3 is 4.90 Å². The Hall–Kier alpha value is -1.41. The third-order valence-corrected chi connectivity index (χ3v) is 7.49. The van der Waals surface area contributed by atoms with Gasteiger partial charge >= 0.3 is 0 Å². The SMILES string of the molecule is CC(C)CC(=O)N=C1S[C@H]2CS(=O)(=O)C[C@@H]2N1Cc1ccc(F)cc1. The average molecular weight is 384 g/mol. The topological polar surface area (TPSA) is 66.8 Å². The van der Waals surface area contributed by atoms with Crippen LogP contribution in [0.3, 0.4) is 0 Å². The first-order chi connectivity index (χ1) is 11.7. The third-order valence-electron chi connectivity index (χ3n) is 4.24. The van der Waals surface area contributed by atoms with Crippen molar-refractivity contribution in [3.8, 4) is 0 Å². The van der Waals surface area contributed by atoms with E-state index < -0.39 is 9.84 Å². The predicted octanol–water partition coefficient (Wildman–Crippen LogP) is 2.47. The van der Waals surface area contributed by atoms with Crippen LogP contribution in [-0.2, 0) is 21.2 Å². The van der Waals surface area contributed by atoms with Crippen molar-refractivity contribution in [2.75, 3.05) is 11.5 Å². The first-order valence-electron chi connectivity index (χ1n) is 8.23. The highest BCUT2D eigenvalue weighted by molar-refractivity contribution is 8.15. The number of fused-ring (bicyclic) bond motifs is 1. The van der Waals surface area contributed by atoms with Gasteiger partial charge in [0.2, 0.25) is 5.91 Å². The largest absolute Gasteiger partial charge is 0.342 e. The molecule has 0 aliphatic carbocycles. The van der Waals surface area contributed by atoms with Gasteiger partial charge in [0, 0.05) is 18.2 Å². The van der Waals surface area contributed by atoms with E-state index in [1.165, 1.54) is 23.9 Å². The van der Waals surface area contributed by atoms with Crippen molar-refractivity contribution in [2.45, 2.75) is 38.1 Å². The van der Waals surface area contributed by atoms with Crippen LogP contribution in [0.5, 0.6) is 0 Å².